The largest absolute Gasteiger partial charge is 0.208 e. The van der Waals surface area contributed by atoms with Crippen molar-refractivity contribution in [1.82, 2.24) is 15.0 Å². The topological polar surface area (TPSA) is 38.7 Å². The molecule has 0 amide bonds. The molecule has 4 heteroatoms. The van der Waals surface area contributed by atoms with E-state index in [1.54, 1.807) is 11.3 Å². The maximum Gasteiger partial charge on any atom is 0.164 e. The maximum atomic E-state index is 5.19. The number of nitrogens with zero attached hydrogens (tertiary/aromatic N) is 3. The minimum atomic E-state index is -0.393. The van der Waals surface area contributed by atoms with Gasteiger partial charge in [-0.2, -0.15) is 0 Å². The molecule has 0 aliphatic heterocycles. The number of hydrogen-bond acceptors (Lipinski definition) is 4. The average molecular weight is 730 g/mol. The number of aromatic nitrogens is 3. The summed E-state index contributed by atoms with van der Waals surface area (Å²) in [4.78, 5) is 15.4. The highest BCUT2D eigenvalue weighted by molar-refractivity contribution is 7.25. The van der Waals surface area contributed by atoms with Gasteiger partial charge >= 0.3 is 0 Å². The van der Waals surface area contributed by atoms with Gasteiger partial charge in [0.1, 0.15) is 0 Å². The van der Waals surface area contributed by atoms with E-state index >= 15 is 0 Å². The van der Waals surface area contributed by atoms with Gasteiger partial charge in [0.15, 0.2) is 17.5 Å². The maximum absolute atomic E-state index is 5.19. The minimum absolute atomic E-state index is 0.393. The molecule has 260 valence electrons. The molecule has 0 saturated heterocycles. The molecular formula is C52H31N3S. The first-order valence-electron chi connectivity index (χ1n) is 19.0. The second kappa shape index (κ2) is 12.0. The number of benzene rings is 8. The summed E-state index contributed by atoms with van der Waals surface area (Å²) in [5.41, 5.74) is 15.3. The predicted molar refractivity (Wildman–Crippen MR) is 231 cm³/mol. The van der Waals surface area contributed by atoms with Crippen molar-refractivity contribution in [2.75, 3.05) is 0 Å². The first kappa shape index (κ1) is 31.4. The van der Waals surface area contributed by atoms with E-state index in [4.69, 9.17) is 15.0 Å². The molecule has 8 aromatic carbocycles. The lowest BCUT2D eigenvalue weighted by Crippen LogP contribution is -2.25. The fourth-order valence-corrected chi connectivity index (χ4v) is 10.6. The molecule has 3 nitrogen and oxygen atoms in total. The zero-order valence-corrected chi connectivity index (χ0v) is 31.0. The third-order valence-corrected chi connectivity index (χ3v) is 12.9. The van der Waals surface area contributed by atoms with Gasteiger partial charge in [-0.3, -0.25) is 0 Å². The van der Waals surface area contributed by atoms with Crippen LogP contribution in [0.25, 0.3) is 87.7 Å². The van der Waals surface area contributed by atoms with E-state index in [0.29, 0.717) is 17.5 Å². The molecule has 0 bridgehead atoms. The van der Waals surface area contributed by atoms with E-state index in [2.05, 4.69) is 170 Å². The summed E-state index contributed by atoms with van der Waals surface area (Å²) in [6, 6.07) is 67.9. The Balaban J connectivity index is 1.04. The molecule has 0 N–H and O–H groups in total. The SMILES string of the molecule is c1ccc(-c2nc(-c3cccc(-c4cccc5c4-c4ccccc4C54c5ccccc5-c5ccccc54)c3)nc(-c3ccc4c(c3)sc3ccccc34)n2)cc1. The van der Waals surface area contributed by atoms with Crippen molar-refractivity contribution in [2.24, 2.45) is 0 Å². The van der Waals surface area contributed by atoms with E-state index in [0.717, 1.165) is 22.3 Å². The number of thiophene rings is 1. The van der Waals surface area contributed by atoms with Gasteiger partial charge in [-0.05, 0) is 73.8 Å². The summed E-state index contributed by atoms with van der Waals surface area (Å²) in [6.07, 6.45) is 0. The van der Waals surface area contributed by atoms with E-state index in [9.17, 15) is 0 Å². The summed E-state index contributed by atoms with van der Waals surface area (Å²) in [5.74, 6) is 1.96. The van der Waals surface area contributed by atoms with Crippen LogP contribution in [0.5, 0.6) is 0 Å². The Labute approximate surface area is 328 Å². The standard InChI is InChI=1S/C52H31N3S/c1-2-14-32(15-3-1)49-53-50(55-51(54-49)35-28-29-40-39-20-7-11-27-46(39)56-47(40)31-35)34-17-12-16-33(30-34)36-22-13-26-45-48(36)41-21-6-10-25-44(41)52(45)42-23-8-4-18-37(42)38-19-5-9-24-43(38)52/h1-31H. The molecule has 2 aliphatic carbocycles. The lowest BCUT2D eigenvalue weighted by atomic mass is 9.70. The van der Waals surface area contributed by atoms with Crippen LogP contribution in [0, 0.1) is 0 Å². The Bertz CT molecular complexity index is 3170. The van der Waals surface area contributed by atoms with Crippen molar-refractivity contribution >= 4 is 31.5 Å². The molecule has 12 rings (SSSR count). The van der Waals surface area contributed by atoms with Gasteiger partial charge in [-0.25, -0.2) is 15.0 Å². The minimum Gasteiger partial charge on any atom is -0.208 e. The van der Waals surface area contributed by atoms with Crippen molar-refractivity contribution < 1.29 is 0 Å². The van der Waals surface area contributed by atoms with Gasteiger partial charge in [0, 0.05) is 36.9 Å². The second-order valence-electron chi connectivity index (χ2n) is 14.7. The Hall–Kier alpha value is -7.01. The summed E-state index contributed by atoms with van der Waals surface area (Å²) in [7, 11) is 0. The summed E-state index contributed by atoms with van der Waals surface area (Å²) < 4.78 is 2.50. The monoisotopic (exact) mass is 729 g/mol. The zero-order valence-electron chi connectivity index (χ0n) is 30.1. The Kier molecular flexibility index (Phi) is 6.72. The van der Waals surface area contributed by atoms with Crippen molar-refractivity contribution in [1.29, 1.82) is 0 Å². The molecular weight excluding hydrogens is 699 g/mol. The van der Waals surface area contributed by atoms with Crippen LogP contribution in [0.2, 0.25) is 0 Å². The van der Waals surface area contributed by atoms with Gasteiger partial charge in [-0.15, -0.1) is 11.3 Å². The third-order valence-electron chi connectivity index (χ3n) is 11.8. The van der Waals surface area contributed by atoms with Gasteiger partial charge in [0.2, 0.25) is 0 Å². The second-order valence-corrected chi connectivity index (χ2v) is 15.8. The van der Waals surface area contributed by atoms with Gasteiger partial charge in [-0.1, -0.05) is 170 Å². The molecule has 10 aromatic rings. The summed E-state index contributed by atoms with van der Waals surface area (Å²) in [5, 5.41) is 2.53. The number of hydrogen-bond donors (Lipinski definition) is 0. The average Bonchev–Trinajstić information content (AvgIpc) is 3.90. The molecule has 2 heterocycles. The Morgan fingerprint density at radius 1 is 0.321 bits per heavy atom. The van der Waals surface area contributed by atoms with Crippen LogP contribution in [-0.4, -0.2) is 15.0 Å². The molecule has 1 spiro atoms. The van der Waals surface area contributed by atoms with Crippen molar-refractivity contribution in [3.8, 4) is 67.5 Å². The molecule has 0 saturated carbocycles. The van der Waals surface area contributed by atoms with Crippen LogP contribution in [0.3, 0.4) is 0 Å². The van der Waals surface area contributed by atoms with Gasteiger partial charge in [0.05, 0.1) is 5.41 Å². The first-order valence-corrected chi connectivity index (χ1v) is 19.8. The van der Waals surface area contributed by atoms with E-state index in [-0.39, 0.29) is 0 Å². The lowest BCUT2D eigenvalue weighted by molar-refractivity contribution is 0.794. The summed E-state index contributed by atoms with van der Waals surface area (Å²) in [6.45, 7) is 0. The van der Waals surface area contributed by atoms with Crippen LogP contribution < -0.4 is 0 Å². The Morgan fingerprint density at radius 3 is 1.57 bits per heavy atom. The molecule has 0 atom stereocenters. The van der Waals surface area contributed by atoms with Gasteiger partial charge < -0.3 is 0 Å². The first-order chi connectivity index (χ1) is 27.8. The van der Waals surface area contributed by atoms with Crippen LogP contribution in [0.1, 0.15) is 22.3 Å². The van der Waals surface area contributed by atoms with Crippen molar-refractivity contribution in [3.63, 3.8) is 0 Å². The zero-order chi connectivity index (χ0) is 36.8. The van der Waals surface area contributed by atoms with Crippen LogP contribution >= 0.6 is 11.3 Å². The number of fused-ring (bicyclic) bond motifs is 13. The van der Waals surface area contributed by atoms with E-state index < -0.39 is 5.41 Å². The third kappa shape index (κ3) is 4.42. The number of rotatable bonds is 4. The van der Waals surface area contributed by atoms with Crippen LogP contribution in [0.15, 0.2) is 188 Å². The van der Waals surface area contributed by atoms with E-state index in [1.807, 2.05) is 18.2 Å². The lowest BCUT2D eigenvalue weighted by Gasteiger charge is -2.30. The fourth-order valence-electron chi connectivity index (χ4n) is 9.43. The molecule has 56 heavy (non-hydrogen) atoms. The van der Waals surface area contributed by atoms with Crippen LogP contribution in [-0.2, 0) is 5.41 Å². The molecule has 0 fully saturated rings. The molecule has 0 radical (unpaired) electrons. The Morgan fingerprint density at radius 2 is 0.821 bits per heavy atom. The highest BCUT2D eigenvalue weighted by atomic mass is 32.1. The van der Waals surface area contributed by atoms with Crippen molar-refractivity contribution in [2.45, 2.75) is 5.41 Å². The smallest absolute Gasteiger partial charge is 0.164 e. The normalized spacial score (nSPS) is 13.1. The molecule has 0 unspecified atom stereocenters. The summed E-state index contributed by atoms with van der Waals surface area (Å²) >= 11 is 1.80. The van der Waals surface area contributed by atoms with Crippen molar-refractivity contribution in [3.05, 3.63) is 210 Å². The highest BCUT2D eigenvalue weighted by Crippen LogP contribution is 2.63. The molecule has 2 aromatic heterocycles. The van der Waals surface area contributed by atoms with Crippen LogP contribution in [0.4, 0.5) is 0 Å². The highest BCUT2D eigenvalue weighted by Gasteiger charge is 2.51. The van der Waals surface area contributed by atoms with Gasteiger partial charge in [0.25, 0.3) is 0 Å². The fraction of sp³-hybridized carbons (Fsp3) is 0.0192. The van der Waals surface area contributed by atoms with E-state index in [1.165, 1.54) is 70.2 Å². The quantitative estimate of drug-likeness (QED) is 0.181. The predicted octanol–water partition coefficient (Wildman–Crippen LogP) is 13.3. The molecule has 2 aliphatic rings.